The Kier molecular flexibility index (Phi) is 5.24. The number of nitrogens with zero attached hydrogens (tertiary/aromatic N) is 1. The van der Waals surface area contributed by atoms with E-state index in [1.807, 2.05) is 12.1 Å². The Labute approximate surface area is 158 Å². The van der Waals surface area contributed by atoms with E-state index in [1.54, 1.807) is 12.1 Å². The van der Waals surface area contributed by atoms with Gasteiger partial charge in [0, 0.05) is 32.2 Å². The molecule has 0 aromatic heterocycles. The second-order valence-electron chi connectivity index (χ2n) is 7.68. The molecule has 0 amide bonds. The summed E-state index contributed by atoms with van der Waals surface area (Å²) in [5.74, 6) is 0.847. The van der Waals surface area contributed by atoms with Crippen molar-refractivity contribution in [3.8, 4) is 11.1 Å². The van der Waals surface area contributed by atoms with E-state index in [2.05, 4.69) is 22.3 Å². The van der Waals surface area contributed by atoms with Crippen LogP contribution in [0.5, 0.6) is 0 Å². The molecule has 1 aliphatic carbocycles. The quantitative estimate of drug-likeness (QED) is 0.782. The molecule has 144 valence electrons. The first-order valence-electron chi connectivity index (χ1n) is 9.73. The van der Waals surface area contributed by atoms with Gasteiger partial charge in [-0.3, -0.25) is 4.90 Å². The molecule has 0 unspecified atom stereocenters. The van der Waals surface area contributed by atoms with Crippen LogP contribution in [0.1, 0.15) is 36.4 Å². The number of rotatable bonds is 5. The van der Waals surface area contributed by atoms with Crippen molar-refractivity contribution < 1.29 is 13.2 Å². The van der Waals surface area contributed by atoms with Crippen molar-refractivity contribution in [1.29, 1.82) is 0 Å². The lowest BCUT2D eigenvalue weighted by atomic mass is 9.95. The lowest BCUT2D eigenvalue weighted by Crippen LogP contribution is -2.45. The van der Waals surface area contributed by atoms with Crippen LogP contribution in [-0.2, 0) is 6.18 Å². The van der Waals surface area contributed by atoms with Gasteiger partial charge in [-0.05, 0) is 41.2 Å². The van der Waals surface area contributed by atoms with Gasteiger partial charge >= 0.3 is 6.18 Å². The zero-order valence-electron chi connectivity index (χ0n) is 15.3. The first-order chi connectivity index (χ1) is 13.0. The number of nitrogens with one attached hydrogen (secondary N) is 1. The van der Waals surface area contributed by atoms with Crippen molar-refractivity contribution in [2.24, 2.45) is 5.92 Å². The molecule has 0 bridgehead atoms. The molecule has 27 heavy (non-hydrogen) atoms. The third-order valence-corrected chi connectivity index (χ3v) is 5.69. The molecule has 1 N–H and O–H groups in total. The molecule has 2 aromatic rings. The maximum absolute atomic E-state index is 12.7. The molecule has 0 spiro atoms. The number of halogens is 3. The van der Waals surface area contributed by atoms with Gasteiger partial charge in [0.1, 0.15) is 0 Å². The number of alkyl halides is 3. The van der Waals surface area contributed by atoms with Crippen LogP contribution in [0.15, 0.2) is 48.5 Å². The lowest BCUT2D eigenvalue weighted by Gasteiger charge is -2.35. The number of hydrogen-bond acceptors (Lipinski definition) is 2. The van der Waals surface area contributed by atoms with Crippen molar-refractivity contribution in [3.05, 3.63) is 59.7 Å². The minimum Gasteiger partial charge on any atom is -0.314 e. The Morgan fingerprint density at radius 1 is 0.889 bits per heavy atom. The fourth-order valence-electron chi connectivity index (χ4n) is 3.91. The van der Waals surface area contributed by atoms with Gasteiger partial charge in [-0.2, -0.15) is 13.2 Å². The molecule has 1 atom stereocenters. The van der Waals surface area contributed by atoms with Crippen LogP contribution in [0.25, 0.3) is 11.1 Å². The van der Waals surface area contributed by atoms with E-state index < -0.39 is 11.7 Å². The molecule has 1 heterocycles. The normalized spacial score (nSPS) is 19.8. The van der Waals surface area contributed by atoms with Crippen LogP contribution in [0, 0.1) is 5.92 Å². The summed E-state index contributed by atoms with van der Waals surface area (Å²) in [4.78, 5) is 2.57. The summed E-state index contributed by atoms with van der Waals surface area (Å²) in [6, 6.07) is 14.2. The van der Waals surface area contributed by atoms with E-state index in [9.17, 15) is 13.2 Å². The van der Waals surface area contributed by atoms with Gasteiger partial charge in [0.15, 0.2) is 0 Å². The minimum atomic E-state index is -4.29. The zero-order valence-corrected chi connectivity index (χ0v) is 15.3. The van der Waals surface area contributed by atoms with Gasteiger partial charge in [0.2, 0.25) is 0 Å². The summed E-state index contributed by atoms with van der Waals surface area (Å²) >= 11 is 0. The van der Waals surface area contributed by atoms with Gasteiger partial charge in [0.25, 0.3) is 0 Å². The summed E-state index contributed by atoms with van der Waals surface area (Å²) in [7, 11) is 0. The second-order valence-corrected chi connectivity index (χ2v) is 7.68. The fraction of sp³-hybridized carbons (Fsp3) is 0.455. The third-order valence-electron chi connectivity index (χ3n) is 5.69. The first kappa shape index (κ1) is 18.5. The molecule has 1 saturated carbocycles. The molecular formula is C22H25F3N2. The Hall–Kier alpha value is -1.85. The monoisotopic (exact) mass is 374 g/mol. The summed E-state index contributed by atoms with van der Waals surface area (Å²) in [6.45, 7) is 4.20. The number of hydrogen-bond donors (Lipinski definition) is 1. The second kappa shape index (κ2) is 7.64. The van der Waals surface area contributed by atoms with Crippen molar-refractivity contribution in [3.63, 3.8) is 0 Å². The highest BCUT2D eigenvalue weighted by atomic mass is 19.4. The van der Waals surface area contributed by atoms with E-state index in [-0.39, 0.29) is 0 Å². The van der Waals surface area contributed by atoms with Crippen molar-refractivity contribution >= 4 is 0 Å². The third kappa shape index (κ3) is 4.53. The molecule has 0 radical (unpaired) electrons. The summed E-state index contributed by atoms with van der Waals surface area (Å²) in [5, 5.41) is 3.41. The van der Waals surface area contributed by atoms with Crippen LogP contribution in [0.3, 0.4) is 0 Å². The summed E-state index contributed by atoms with van der Waals surface area (Å²) in [5.41, 5.74) is 2.49. The molecule has 2 aromatic carbocycles. The Morgan fingerprint density at radius 3 is 1.96 bits per heavy atom. The van der Waals surface area contributed by atoms with E-state index in [1.165, 1.54) is 24.8 Å². The number of piperazine rings is 1. The summed E-state index contributed by atoms with van der Waals surface area (Å²) in [6.07, 6.45) is -0.403. The topological polar surface area (TPSA) is 15.3 Å². The van der Waals surface area contributed by atoms with Crippen molar-refractivity contribution in [1.82, 2.24) is 10.2 Å². The van der Waals surface area contributed by atoms with Crippen LogP contribution in [0.2, 0.25) is 0 Å². The Balaban J connectivity index is 1.52. The van der Waals surface area contributed by atoms with E-state index in [0.717, 1.165) is 55.4 Å². The maximum atomic E-state index is 12.7. The Morgan fingerprint density at radius 2 is 1.44 bits per heavy atom. The van der Waals surface area contributed by atoms with Crippen LogP contribution < -0.4 is 5.32 Å². The molecule has 2 fully saturated rings. The van der Waals surface area contributed by atoms with Crippen molar-refractivity contribution in [2.45, 2.75) is 31.5 Å². The molecule has 2 nitrogen and oxygen atoms in total. The highest BCUT2D eigenvalue weighted by molar-refractivity contribution is 5.64. The largest absolute Gasteiger partial charge is 0.416 e. The fourth-order valence-corrected chi connectivity index (χ4v) is 3.91. The lowest BCUT2D eigenvalue weighted by molar-refractivity contribution is -0.137. The van der Waals surface area contributed by atoms with Gasteiger partial charge in [-0.1, -0.05) is 49.2 Å². The molecule has 5 heteroatoms. The van der Waals surface area contributed by atoms with E-state index >= 15 is 0 Å². The number of benzene rings is 2. The smallest absolute Gasteiger partial charge is 0.314 e. The molecule has 2 aliphatic rings. The molecular weight excluding hydrogens is 349 g/mol. The summed E-state index contributed by atoms with van der Waals surface area (Å²) < 4.78 is 38.2. The predicted octanol–water partition coefficient (Wildman–Crippen LogP) is 5.12. The Bertz CT molecular complexity index is 743. The predicted molar refractivity (Wildman–Crippen MR) is 101 cm³/mol. The first-order valence-corrected chi connectivity index (χ1v) is 9.73. The maximum Gasteiger partial charge on any atom is 0.416 e. The van der Waals surface area contributed by atoms with Gasteiger partial charge in [0.05, 0.1) is 5.56 Å². The van der Waals surface area contributed by atoms with Gasteiger partial charge in [-0.25, -0.2) is 0 Å². The average molecular weight is 374 g/mol. The highest BCUT2D eigenvalue weighted by Gasteiger charge is 2.31. The van der Waals surface area contributed by atoms with Crippen LogP contribution in [0.4, 0.5) is 13.2 Å². The molecule has 1 saturated heterocycles. The van der Waals surface area contributed by atoms with Crippen LogP contribution in [-0.4, -0.2) is 31.1 Å². The highest BCUT2D eigenvalue weighted by Crippen LogP contribution is 2.40. The molecule has 1 aliphatic heterocycles. The van der Waals surface area contributed by atoms with Crippen LogP contribution >= 0.6 is 0 Å². The standard InChI is InChI=1S/C22H25F3N2/c23-22(24,25)20-9-7-18(8-10-20)17-3-5-19(6-4-17)21(15-16-1-2-16)27-13-11-26-12-14-27/h3-10,16,21,26H,1-2,11-15H2/t21-/m1/s1. The zero-order chi connectivity index (χ0) is 18.9. The average Bonchev–Trinajstić information content (AvgIpc) is 3.51. The van der Waals surface area contributed by atoms with Gasteiger partial charge in [-0.15, -0.1) is 0 Å². The minimum absolute atomic E-state index is 0.446. The van der Waals surface area contributed by atoms with E-state index in [0.29, 0.717) is 6.04 Å². The van der Waals surface area contributed by atoms with Crippen molar-refractivity contribution in [2.75, 3.05) is 26.2 Å². The van der Waals surface area contributed by atoms with Gasteiger partial charge < -0.3 is 5.32 Å². The SMILES string of the molecule is FC(F)(F)c1ccc(-c2ccc([C@@H](CC3CC3)N3CCNCC3)cc2)cc1. The molecule has 4 rings (SSSR count). The van der Waals surface area contributed by atoms with E-state index in [4.69, 9.17) is 0 Å².